The molecule has 2 N–H and O–H groups in total. The average Bonchev–Trinajstić information content (AvgIpc) is 2.81. The Kier molecular flexibility index (Phi) is 4.82. The third-order valence-electron chi connectivity index (χ3n) is 3.42. The monoisotopic (exact) mass is 318 g/mol. The maximum absolute atomic E-state index is 12.3. The van der Waals surface area contributed by atoms with Gasteiger partial charge in [0.05, 0.1) is 12.7 Å². The normalized spacial score (nSPS) is 10.2. The molecule has 0 saturated heterocycles. The summed E-state index contributed by atoms with van der Waals surface area (Å²) in [4.78, 5) is 25.3. The Bertz CT molecular complexity index is 705. The number of carbonyl (C=O) groups excluding carboxylic acids is 2. The van der Waals surface area contributed by atoms with Crippen LogP contribution in [0.4, 0.5) is 5.00 Å². The molecular formula is C16H18N2O3S. The van der Waals surface area contributed by atoms with Gasteiger partial charge in [0.15, 0.2) is 0 Å². The average molecular weight is 318 g/mol. The minimum Gasteiger partial charge on any atom is -0.497 e. The number of ether oxygens (including phenoxy) is 1. The molecule has 0 aliphatic heterocycles. The fourth-order valence-corrected chi connectivity index (χ4v) is 3.08. The molecule has 0 bridgehead atoms. The standard InChI is InChI=1S/C16H18N2O3S/c1-9-10(2)22-16(13(9)15(20)17-3)18-14(19)11-5-7-12(21-4)8-6-11/h5-8H,1-4H3,(H,17,20)(H,18,19). The first-order chi connectivity index (χ1) is 10.5. The van der Waals surface area contributed by atoms with Gasteiger partial charge < -0.3 is 15.4 Å². The third kappa shape index (κ3) is 3.12. The number of hydrogen-bond acceptors (Lipinski definition) is 4. The van der Waals surface area contributed by atoms with Crippen LogP contribution in [-0.4, -0.2) is 26.0 Å². The van der Waals surface area contributed by atoms with Gasteiger partial charge in [0.25, 0.3) is 11.8 Å². The number of aryl methyl sites for hydroxylation is 1. The van der Waals surface area contributed by atoms with E-state index in [1.54, 1.807) is 38.4 Å². The van der Waals surface area contributed by atoms with E-state index in [1.807, 2.05) is 13.8 Å². The Hall–Kier alpha value is -2.34. The lowest BCUT2D eigenvalue weighted by molar-refractivity contribution is 0.0963. The maximum atomic E-state index is 12.3. The molecule has 0 aliphatic rings. The minimum absolute atomic E-state index is 0.202. The molecule has 0 fully saturated rings. The van der Waals surface area contributed by atoms with Crippen LogP contribution < -0.4 is 15.4 Å². The van der Waals surface area contributed by atoms with Crippen LogP contribution in [0.15, 0.2) is 24.3 Å². The summed E-state index contributed by atoms with van der Waals surface area (Å²) < 4.78 is 5.07. The third-order valence-corrected chi connectivity index (χ3v) is 4.54. The summed E-state index contributed by atoms with van der Waals surface area (Å²) >= 11 is 1.40. The zero-order valence-electron chi connectivity index (χ0n) is 12.9. The van der Waals surface area contributed by atoms with E-state index in [0.717, 1.165) is 10.4 Å². The van der Waals surface area contributed by atoms with Crippen LogP contribution >= 0.6 is 11.3 Å². The molecule has 1 aromatic carbocycles. The molecule has 2 rings (SSSR count). The van der Waals surface area contributed by atoms with Crippen molar-refractivity contribution in [2.24, 2.45) is 0 Å². The molecule has 0 radical (unpaired) electrons. The number of benzene rings is 1. The van der Waals surface area contributed by atoms with Gasteiger partial charge in [0, 0.05) is 17.5 Å². The van der Waals surface area contributed by atoms with Crippen LogP contribution in [0.3, 0.4) is 0 Å². The van der Waals surface area contributed by atoms with Gasteiger partial charge in [-0.2, -0.15) is 0 Å². The van der Waals surface area contributed by atoms with Gasteiger partial charge in [-0.1, -0.05) is 0 Å². The van der Waals surface area contributed by atoms with E-state index in [2.05, 4.69) is 10.6 Å². The maximum Gasteiger partial charge on any atom is 0.256 e. The Balaban J connectivity index is 2.28. The molecule has 22 heavy (non-hydrogen) atoms. The Morgan fingerprint density at radius 1 is 1.09 bits per heavy atom. The van der Waals surface area contributed by atoms with E-state index in [1.165, 1.54) is 11.3 Å². The predicted octanol–water partition coefficient (Wildman–Crippen LogP) is 2.99. The summed E-state index contributed by atoms with van der Waals surface area (Å²) in [6.07, 6.45) is 0. The van der Waals surface area contributed by atoms with E-state index >= 15 is 0 Å². The molecule has 6 heteroatoms. The second kappa shape index (κ2) is 6.62. The Labute approximate surface area is 133 Å². The van der Waals surface area contributed by atoms with Crippen molar-refractivity contribution in [3.8, 4) is 5.75 Å². The van der Waals surface area contributed by atoms with Crippen LogP contribution in [0.2, 0.25) is 0 Å². The number of nitrogens with one attached hydrogen (secondary N) is 2. The number of amides is 2. The number of hydrogen-bond donors (Lipinski definition) is 2. The Morgan fingerprint density at radius 2 is 1.73 bits per heavy atom. The quantitative estimate of drug-likeness (QED) is 0.910. The van der Waals surface area contributed by atoms with Crippen molar-refractivity contribution in [3.63, 3.8) is 0 Å². The molecule has 0 atom stereocenters. The fraction of sp³-hybridized carbons (Fsp3) is 0.250. The highest BCUT2D eigenvalue weighted by molar-refractivity contribution is 7.16. The highest BCUT2D eigenvalue weighted by Gasteiger charge is 2.20. The number of thiophene rings is 1. The number of rotatable bonds is 4. The molecule has 0 aliphatic carbocycles. The first-order valence-electron chi connectivity index (χ1n) is 6.75. The summed E-state index contributed by atoms with van der Waals surface area (Å²) in [7, 11) is 3.14. The first kappa shape index (κ1) is 16.0. The van der Waals surface area contributed by atoms with Gasteiger partial charge >= 0.3 is 0 Å². The fourth-order valence-electron chi connectivity index (χ4n) is 2.03. The largest absolute Gasteiger partial charge is 0.497 e. The predicted molar refractivity (Wildman–Crippen MR) is 88.1 cm³/mol. The van der Waals surface area contributed by atoms with Crippen molar-refractivity contribution < 1.29 is 14.3 Å². The molecule has 0 unspecified atom stereocenters. The molecule has 5 nitrogen and oxygen atoms in total. The van der Waals surface area contributed by atoms with Crippen molar-refractivity contribution in [2.45, 2.75) is 13.8 Å². The molecule has 0 saturated carbocycles. The van der Waals surface area contributed by atoms with Gasteiger partial charge in [-0.25, -0.2) is 0 Å². The SMILES string of the molecule is CNC(=O)c1c(NC(=O)c2ccc(OC)cc2)sc(C)c1C. The van der Waals surface area contributed by atoms with Crippen LogP contribution in [-0.2, 0) is 0 Å². The topological polar surface area (TPSA) is 67.4 Å². The van der Waals surface area contributed by atoms with Crippen molar-refractivity contribution in [2.75, 3.05) is 19.5 Å². The molecule has 2 aromatic rings. The van der Waals surface area contributed by atoms with Gasteiger partial charge in [-0.3, -0.25) is 9.59 Å². The smallest absolute Gasteiger partial charge is 0.256 e. The van der Waals surface area contributed by atoms with Gasteiger partial charge in [0.2, 0.25) is 0 Å². The zero-order valence-corrected chi connectivity index (χ0v) is 13.8. The lowest BCUT2D eigenvalue weighted by Crippen LogP contribution is -2.21. The van der Waals surface area contributed by atoms with E-state index in [9.17, 15) is 9.59 Å². The first-order valence-corrected chi connectivity index (χ1v) is 7.57. The molecule has 2 amide bonds. The number of methoxy groups -OCH3 is 1. The summed E-state index contributed by atoms with van der Waals surface area (Å²) in [5.41, 5.74) is 1.91. The van der Waals surface area contributed by atoms with Crippen molar-refractivity contribution >= 4 is 28.2 Å². The summed E-state index contributed by atoms with van der Waals surface area (Å²) in [6, 6.07) is 6.81. The van der Waals surface area contributed by atoms with Gasteiger partial charge in [-0.05, 0) is 43.7 Å². The Morgan fingerprint density at radius 3 is 2.27 bits per heavy atom. The van der Waals surface area contributed by atoms with Crippen molar-refractivity contribution in [1.82, 2.24) is 5.32 Å². The molecule has 116 valence electrons. The second-order valence-corrected chi connectivity index (χ2v) is 5.97. The summed E-state index contributed by atoms with van der Waals surface area (Å²) in [6.45, 7) is 3.80. The molecular weight excluding hydrogens is 300 g/mol. The van der Waals surface area contributed by atoms with Gasteiger partial charge in [0.1, 0.15) is 10.8 Å². The van der Waals surface area contributed by atoms with Crippen LogP contribution in [0.1, 0.15) is 31.2 Å². The lowest BCUT2D eigenvalue weighted by atomic mass is 10.1. The highest BCUT2D eigenvalue weighted by Crippen LogP contribution is 2.32. The van der Waals surface area contributed by atoms with E-state index in [-0.39, 0.29) is 11.8 Å². The van der Waals surface area contributed by atoms with Crippen molar-refractivity contribution in [3.05, 3.63) is 45.8 Å². The van der Waals surface area contributed by atoms with Crippen LogP contribution in [0.5, 0.6) is 5.75 Å². The van der Waals surface area contributed by atoms with Crippen molar-refractivity contribution in [1.29, 1.82) is 0 Å². The molecule has 1 aromatic heterocycles. The molecule has 1 heterocycles. The second-order valence-electron chi connectivity index (χ2n) is 4.75. The summed E-state index contributed by atoms with van der Waals surface area (Å²) in [5.74, 6) is 0.228. The minimum atomic E-state index is -0.256. The van der Waals surface area contributed by atoms with E-state index in [4.69, 9.17) is 4.74 Å². The molecule has 0 spiro atoms. The summed E-state index contributed by atoms with van der Waals surface area (Å²) in [5, 5.41) is 5.99. The number of anilines is 1. The van der Waals surface area contributed by atoms with Gasteiger partial charge in [-0.15, -0.1) is 11.3 Å². The highest BCUT2D eigenvalue weighted by atomic mass is 32.1. The van der Waals surface area contributed by atoms with Crippen LogP contribution in [0.25, 0.3) is 0 Å². The van der Waals surface area contributed by atoms with Crippen LogP contribution in [0, 0.1) is 13.8 Å². The lowest BCUT2D eigenvalue weighted by Gasteiger charge is -2.07. The number of carbonyl (C=O) groups is 2. The van der Waals surface area contributed by atoms with E-state index < -0.39 is 0 Å². The van der Waals surface area contributed by atoms with E-state index in [0.29, 0.717) is 21.9 Å². The zero-order chi connectivity index (χ0) is 16.3.